The van der Waals surface area contributed by atoms with Gasteiger partial charge in [-0.05, 0) is 44.6 Å². The van der Waals surface area contributed by atoms with Crippen LogP contribution >= 0.6 is 11.3 Å². The molecule has 0 aliphatic carbocycles. The fourth-order valence-electron chi connectivity index (χ4n) is 4.72. The van der Waals surface area contributed by atoms with Crippen molar-refractivity contribution in [2.24, 2.45) is 0 Å². The Morgan fingerprint density at radius 1 is 0.971 bits per heavy atom. The summed E-state index contributed by atoms with van der Waals surface area (Å²) in [5, 5.41) is 0. The monoisotopic (exact) mass is 494 g/mol. The quantitative estimate of drug-likeness (QED) is 0.636. The molecule has 1 aromatic heterocycles. The van der Waals surface area contributed by atoms with Gasteiger partial charge < -0.3 is 19.6 Å². The summed E-state index contributed by atoms with van der Waals surface area (Å²) in [6.07, 6.45) is -2.85. The third-order valence-corrected chi connectivity index (χ3v) is 7.94. The Bertz CT molecular complexity index is 1060. The van der Waals surface area contributed by atoms with Crippen molar-refractivity contribution < 1.29 is 22.8 Å². The van der Waals surface area contributed by atoms with Crippen LogP contribution in [-0.4, -0.2) is 90.9 Å². The van der Waals surface area contributed by atoms with E-state index in [1.165, 1.54) is 12.1 Å². The molecule has 6 nitrogen and oxygen atoms in total. The summed E-state index contributed by atoms with van der Waals surface area (Å²) in [5.74, 6) is -0.245. The van der Waals surface area contributed by atoms with Gasteiger partial charge in [0.2, 0.25) is 0 Å². The summed E-state index contributed by atoms with van der Waals surface area (Å²) in [5.41, 5.74) is -0.647. The van der Waals surface area contributed by atoms with E-state index in [0.29, 0.717) is 29.3 Å². The van der Waals surface area contributed by atoms with E-state index in [-0.39, 0.29) is 29.6 Å². The van der Waals surface area contributed by atoms with E-state index in [4.69, 9.17) is 0 Å². The molecule has 0 radical (unpaired) electrons. The van der Waals surface area contributed by atoms with Crippen molar-refractivity contribution in [1.82, 2.24) is 19.6 Å². The zero-order chi connectivity index (χ0) is 24.6. The summed E-state index contributed by atoms with van der Waals surface area (Å²) in [6.45, 7) is 2.85. The average molecular weight is 495 g/mol. The first-order valence-corrected chi connectivity index (χ1v) is 12.1. The van der Waals surface area contributed by atoms with Crippen molar-refractivity contribution in [3.8, 4) is 10.4 Å². The van der Waals surface area contributed by atoms with Gasteiger partial charge >= 0.3 is 12.2 Å². The summed E-state index contributed by atoms with van der Waals surface area (Å²) >= 11 is 1.06. The number of benzene rings is 1. The topological polar surface area (TPSA) is 47.1 Å². The molecule has 184 valence electrons. The number of rotatable bonds is 4. The highest BCUT2D eigenvalue weighted by atomic mass is 32.1. The van der Waals surface area contributed by atoms with Gasteiger partial charge in [-0.3, -0.25) is 4.79 Å². The number of hydrogen-bond acceptors (Lipinski definition) is 4. The van der Waals surface area contributed by atoms with Gasteiger partial charge in [0.05, 0.1) is 16.5 Å². The molecule has 3 amide bonds. The standard InChI is InChI=1S/C24H29F3N4O2S/c1-28-12-10-16(14-28)30(3)23(33)31-13-11-17(15-31)29(2)22(32)21-9-8-20(34-21)18-6-4-5-7-19(18)24(25,26)27/h4-9,16-17H,10-15H2,1-3H3/t16-,17+/m1/s1. The first kappa shape index (κ1) is 24.5. The molecule has 0 spiro atoms. The minimum atomic E-state index is -4.47. The Morgan fingerprint density at radius 3 is 2.32 bits per heavy atom. The maximum atomic E-state index is 13.4. The highest BCUT2D eigenvalue weighted by Crippen LogP contribution is 2.39. The van der Waals surface area contributed by atoms with Gasteiger partial charge in [0, 0.05) is 50.2 Å². The fourth-order valence-corrected chi connectivity index (χ4v) is 5.75. The minimum absolute atomic E-state index is 0.0224. The van der Waals surface area contributed by atoms with Crippen molar-refractivity contribution in [2.75, 3.05) is 47.3 Å². The van der Waals surface area contributed by atoms with Crippen molar-refractivity contribution in [2.45, 2.75) is 31.1 Å². The fraction of sp³-hybridized carbons (Fsp3) is 0.500. The average Bonchev–Trinajstić information content (AvgIpc) is 3.57. The van der Waals surface area contributed by atoms with Crippen LogP contribution in [0, 0.1) is 0 Å². The van der Waals surface area contributed by atoms with Gasteiger partial charge in [-0.1, -0.05) is 18.2 Å². The lowest BCUT2D eigenvalue weighted by atomic mass is 10.1. The van der Waals surface area contributed by atoms with Crippen LogP contribution in [0.1, 0.15) is 28.1 Å². The van der Waals surface area contributed by atoms with Gasteiger partial charge in [0.1, 0.15) is 0 Å². The summed E-state index contributed by atoms with van der Waals surface area (Å²) < 4.78 is 40.2. The number of nitrogens with zero attached hydrogens (tertiary/aromatic N) is 4. The first-order valence-electron chi connectivity index (χ1n) is 11.3. The third kappa shape index (κ3) is 4.93. The van der Waals surface area contributed by atoms with Crippen molar-refractivity contribution >= 4 is 23.3 Å². The van der Waals surface area contributed by atoms with E-state index in [0.717, 1.165) is 36.9 Å². The largest absolute Gasteiger partial charge is 0.417 e. The lowest BCUT2D eigenvalue weighted by Crippen LogP contribution is -2.47. The van der Waals surface area contributed by atoms with Crippen molar-refractivity contribution in [3.05, 3.63) is 46.8 Å². The van der Waals surface area contributed by atoms with E-state index in [2.05, 4.69) is 4.90 Å². The van der Waals surface area contributed by atoms with Crippen molar-refractivity contribution in [3.63, 3.8) is 0 Å². The second-order valence-electron chi connectivity index (χ2n) is 9.11. The molecule has 10 heteroatoms. The summed E-state index contributed by atoms with van der Waals surface area (Å²) in [7, 11) is 5.57. The molecule has 2 atom stereocenters. The third-order valence-electron chi connectivity index (χ3n) is 6.83. The minimum Gasteiger partial charge on any atom is -0.336 e. The molecule has 2 aromatic rings. The van der Waals surface area contributed by atoms with Crippen LogP contribution < -0.4 is 0 Å². The van der Waals surface area contributed by atoms with E-state index in [1.54, 1.807) is 39.9 Å². The SMILES string of the molecule is CN1CC[C@@H](N(C)C(=O)N2CC[C@H](N(C)C(=O)c3ccc(-c4ccccc4C(F)(F)F)s3)C2)C1. The Balaban J connectivity index is 1.41. The number of halogens is 3. The van der Waals surface area contributed by atoms with Gasteiger partial charge in [-0.15, -0.1) is 11.3 Å². The zero-order valence-corrected chi connectivity index (χ0v) is 20.3. The molecule has 2 aliphatic rings. The summed E-state index contributed by atoms with van der Waals surface area (Å²) in [4.78, 5) is 34.3. The lowest BCUT2D eigenvalue weighted by Gasteiger charge is -2.30. The Labute approximate surface area is 201 Å². The molecule has 34 heavy (non-hydrogen) atoms. The van der Waals surface area contributed by atoms with E-state index < -0.39 is 11.7 Å². The van der Waals surface area contributed by atoms with Gasteiger partial charge in [0.25, 0.3) is 5.91 Å². The number of carbonyl (C=O) groups excluding carboxylic acids is 2. The number of urea groups is 1. The Hall–Kier alpha value is -2.59. The van der Waals surface area contributed by atoms with Crippen LogP contribution in [0.25, 0.3) is 10.4 Å². The van der Waals surface area contributed by atoms with Crippen LogP contribution in [0.15, 0.2) is 36.4 Å². The van der Waals surface area contributed by atoms with E-state index in [9.17, 15) is 22.8 Å². The maximum absolute atomic E-state index is 13.4. The van der Waals surface area contributed by atoms with Crippen LogP contribution in [0.4, 0.5) is 18.0 Å². The molecule has 2 saturated heterocycles. The molecule has 2 fully saturated rings. The lowest BCUT2D eigenvalue weighted by molar-refractivity contribution is -0.137. The second kappa shape index (κ2) is 9.58. The number of likely N-dealkylation sites (N-methyl/N-ethyl adjacent to an activating group) is 3. The molecule has 0 bridgehead atoms. The second-order valence-corrected chi connectivity index (χ2v) is 10.2. The van der Waals surface area contributed by atoms with Gasteiger partial charge in [-0.25, -0.2) is 4.79 Å². The molecule has 4 rings (SSSR count). The molecule has 0 saturated carbocycles. The maximum Gasteiger partial charge on any atom is 0.417 e. The molecular formula is C24H29F3N4O2S. The number of likely N-dealkylation sites (tertiary alicyclic amines) is 2. The molecule has 2 aliphatic heterocycles. The number of hydrogen-bond donors (Lipinski definition) is 0. The number of amides is 3. The molecule has 0 N–H and O–H groups in total. The van der Waals surface area contributed by atoms with E-state index in [1.807, 2.05) is 14.1 Å². The highest BCUT2D eigenvalue weighted by Gasteiger charge is 2.36. The highest BCUT2D eigenvalue weighted by molar-refractivity contribution is 7.17. The molecule has 3 heterocycles. The first-order chi connectivity index (χ1) is 16.1. The predicted molar refractivity (Wildman–Crippen MR) is 126 cm³/mol. The summed E-state index contributed by atoms with van der Waals surface area (Å²) in [6, 6.07) is 8.56. The molecule has 1 aromatic carbocycles. The zero-order valence-electron chi connectivity index (χ0n) is 19.5. The number of thiophene rings is 1. The Morgan fingerprint density at radius 2 is 1.65 bits per heavy atom. The number of alkyl halides is 3. The molecule has 0 unspecified atom stereocenters. The molecular weight excluding hydrogens is 465 g/mol. The Kier molecular flexibility index (Phi) is 6.91. The predicted octanol–water partition coefficient (Wildman–Crippen LogP) is 4.34. The van der Waals surface area contributed by atoms with Crippen LogP contribution in [0.5, 0.6) is 0 Å². The number of carbonyl (C=O) groups is 2. The van der Waals surface area contributed by atoms with Gasteiger partial charge in [-0.2, -0.15) is 13.2 Å². The normalized spacial score (nSPS) is 21.2. The van der Waals surface area contributed by atoms with Crippen molar-refractivity contribution in [1.29, 1.82) is 0 Å². The van der Waals surface area contributed by atoms with Gasteiger partial charge in [0.15, 0.2) is 0 Å². The van der Waals surface area contributed by atoms with Crippen LogP contribution in [-0.2, 0) is 6.18 Å². The van der Waals surface area contributed by atoms with E-state index >= 15 is 0 Å². The van der Waals surface area contributed by atoms with Crippen LogP contribution in [0.2, 0.25) is 0 Å². The van der Waals surface area contributed by atoms with Crippen LogP contribution in [0.3, 0.4) is 0 Å². The smallest absolute Gasteiger partial charge is 0.336 e.